The highest BCUT2D eigenvalue weighted by atomic mass is 16.5. The van der Waals surface area contributed by atoms with Gasteiger partial charge in [0.2, 0.25) is 0 Å². The lowest BCUT2D eigenvalue weighted by Crippen LogP contribution is -2.32. The predicted molar refractivity (Wildman–Crippen MR) is 159 cm³/mol. The Kier molecular flexibility index (Phi) is 4.83. The zero-order chi connectivity index (χ0) is 26.7. The van der Waals surface area contributed by atoms with E-state index in [9.17, 15) is 5.26 Å². The van der Waals surface area contributed by atoms with Crippen molar-refractivity contribution >= 4 is 0 Å². The zero-order valence-electron chi connectivity index (χ0n) is 21.6. The minimum atomic E-state index is -0.467. The van der Waals surface area contributed by atoms with Crippen LogP contribution in [0.1, 0.15) is 27.8 Å². The molecule has 1 heterocycles. The lowest BCUT2D eigenvalue weighted by Gasteiger charge is -2.40. The Labute approximate surface area is 233 Å². The van der Waals surface area contributed by atoms with Gasteiger partial charge in [-0.25, -0.2) is 0 Å². The van der Waals surface area contributed by atoms with Gasteiger partial charge in [0.15, 0.2) is 0 Å². The number of hydrogen-bond acceptors (Lipinski definition) is 2. The van der Waals surface area contributed by atoms with Crippen LogP contribution in [-0.2, 0) is 5.41 Å². The van der Waals surface area contributed by atoms with Gasteiger partial charge in [-0.15, -0.1) is 0 Å². The standard InChI is InChI=1S/C38H23NO/c39-24-25-9-7-10-28(23-25)26-19-21-27(22-20-26)29-13-8-17-35-37(29)40-36-18-6-5-16-34(36)38(35)32-14-3-1-11-30(32)31-12-2-4-15-33(31)38/h1-23H. The van der Waals surface area contributed by atoms with Crippen molar-refractivity contribution in [3.05, 3.63) is 167 Å². The van der Waals surface area contributed by atoms with Crippen LogP contribution in [0.25, 0.3) is 33.4 Å². The molecule has 2 heteroatoms. The summed E-state index contributed by atoms with van der Waals surface area (Å²) in [5.41, 5.74) is 11.9. The van der Waals surface area contributed by atoms with Crippen LogP contribution in [0, 0.1) is 11.3 Å². The van der Waals surface area contributed by atoms with Gasteiger partial charge >= 0.3 is 0 Å². The number of ether oxygens (including phenoxy) is 1. The van der Waals surface area contributed by atoms with Gasteiger partial charge in [0.1, 0.15) is 11.5 Å². The molecule has 0 atom stereocenters. The fraction of sp³-hybridized carbons (Fsp3) is 0.0263. The molecule has 186 valence electrons. The SMILES string of the molecule is N#Cc1cccc(-c2ccc(-c3cccc4c3Oc3ccccc3C43c4ccccc4-c4ccccc43)cc2)c1. The van der Waals surface area contributed by atoms with Gasteiger partial charge < -0.3 is 4.74 Å². The molecule has 0 unspecified atom stereocenters. The summed E-state index contributed by atoms with van der Waals surface area (Å²) >= 11 is 0. The second-order valence-corrected chi connectivity index (χ2v) is 10.4. The molecule has 0 amide bonds. The molecule has 8 rings (SSSR count). The highest BCUT2D eigenvalue weighted by molar-refractivity contribution is 5.90. The molecule has 1 aliphatic carbocycles. The summed E-state index contributed by atoms with van der Waals surface area (Å²) in [6.07, 6.45) is 0. The Morgan fingerprint density at radius 1 is 0.475 bits per heavy atom. The maximum atomic E-state index is 9.33. The molecule has 0 N–H and O–H groups in total. The van der Waals surface area contributed by atoms with Crippen molar-refractivity contribution in [1.29, 1.82) is 5.26 Å². The van der Waals surface area contributed by atoms with E-state index < -0.39 is 5.41 Å². The van der Waals surface area contributed by atoms with Crippen molar-refractivity contribution < 1.29 is 4.74 Å². The van der Waals surface area contributed by atoms with Crippen LogP contribution < -0.4 is 4.74 Å². The second kappa shape index (κ2) is 8.56. The molecule has 2 nitrogen and oxygen atoms in total. The molecule has 1 aliphatic heterocycles. The first kappa shape index (κ1) is 22.6. The first-order chi connectivity index (χ1) is 19.8. The van der Waals surface area contributed by atoms with E-state index in [1.807, 2.05) is 24.3 Å². The van der Waals surface area contributed by atoms with E-state index in [2.05, 4.69) is 121 Å². The van der Waals surface area contributed by atoms with Crippen LogP contribution in [0.5, 0.6) is 11.5 Å². The van der Waals surface area contributed by atoms with Crippen LogP contribution >= 0.6 is 0 Å². The molecule has 40 heavy (non-hydrogen) atoms. The Hall–Kier alpha value is -5.39. The van der Waals surface area contributed by atoms with Crippen molar-refractivity contribution in [2.45, 2.75) is 5.41 Å². The summed E-state index contributed by atoms with van der Waals surface area (Å²) in [6, 6.07) is 51.1. The van der Waals surface area contributed by atoms with E-state index in [1.165, 1.54) is 27.8 Å². The normalized spacial score (nSPS) is 13.4. The summed E-state index contributed by atoms with van der Waals surface area (Å²) in [4.78, 5) is 0. The minimum Gasteiger partial charge on any atom is -0.456 e. The van der Waals surface area contributed by atoms with Crippen LogP contribution in [0.15, 0.2) is 140 Å². The Morgan fingerprint density at radius 2 is 1.05 bits per heavy atom. The van der Waals surface area contributed by atoms with Gasteiger partial charge in [0.05, 0.1) is 17.0 Å². The van der Waals surface area contributed by atoms with Crippen molar-refractivity contribution in [3.8, 4) is 50.9 Å². The summed E-state index contributed by atoms with van der Waals surface area (Å²) in [5, 5.41) is 9.33. The lowest BCUT2D eigenvalue weighted by atomic mass is 9.65. The quantitative estimate of drug-likeness (QED) is 0.233. The topological polar surface area (TPSA) is 33.0 Å². The molecule has 6 aromatic rings. The van der Waals surface area contributed by atoms with E-state index in [0.717, 1.165) is 39.3 Å². The molecule has 0 radical (unpaired) electrons. The third-order valence-electron chi connectivity index (χ3n) is 8.40. The summed E-state index contributed by atoms with van der Waals surface area (Å²) in [5.74, 6) is 1.78. The van der Waals surface area contributed by atoms with E-state index in [4.69, 9.17) is 4.74 Å². The molecule has 0 bridgehead atoms. The second-order valence-electron chi connectivity index (χ2n) is 10.4. The summed E-state index contributed by atoms with van der Waals surface area (Å²) < 4.78 is 6.79. The fourth-order valence-electron chi connectivity index (χ4n) is 6.72. The highest BCUT2D eigenvalue weighted by Gasteiger charge is 2.51. The third-order valence-corrected chi connectivity index (χ3v) is 8.40. The van der Waals surface area contributed by atoms with Gasteiger partial charge in [-0.2, -0.15) is 5.26 Å². The molecular weight excluding hydrogens is 486 g/mol. The maximum absolute atomic E-state index is 9.33. The number of fused-ring (bicyclic) bond motifs is 9. The number of rotatable bonds is 2. The molecule has 0 saturated carbocycles. The van der Waals surface area contributed by atoms with Gasteiger partial charge in [0.25, 0.3) is 0 Å². The van der Waals surface area contributed by atoms with Crippen LogP contribution in [0.4, 0.5) is 0 Å². The maximum Gasteiger partial charge on any atom is 0.140 e. The van der Waals surface area contributed by atoms with E-state index >= 15 is 0 Å². The van der Waals surface area contributed by atoms with Crippen molar-refractivity contribution in [1.82, 2.24) is 0 Å². The Bertz CT molecular complexity index is 1950. The Morgan fingerprint density at radius 3 is 1.77 bits per heavy atom. The van der Waals surface area contributed by atoms with E-state index in [0.29, 0.717) is 5.56 Å². The molecule has 2 aliphatic rings. The predicted octanol–water partition coefficient (Wildman–Crippen LogP) is 9.36. The molecule has 6 aromatic carbocycles. The average molecular weight is 510 g/mol. The van der Waals surface area contributed by atoms with Gasteiger partial charge in [-0.3, -0.25) is 0 Å². The number of para-hydroxylation sites is 2. The average Bonchev–Trinajstić information content (AvgIpc) is 3.32. The van der Waals surface area contributed by atoms with E-state index in [-0.39, 0.29) is 0 Å². The van der Waals surface area contributed by atoms with Gasteiger partial charge in [-0.05, 0) is 57.1 Å². The van der Waals surface area contributed by atoms with Crippen molar-refractivity contribution in [2.24, 2.45) is 0 Å². The largest absolute Gasteiger partial charge is 0.456 e. The van der Waals surface area contributed by atoms with Crippen LogP contribution in [0.3, 0.4) is 0 Å². The van der Waals surface area contributed by atoms with Crippen molar-refractivity contribution in [3.63, 3.8) is 0 Å². The Balaban J connectivity index is 1.36. The first-order valence-corrected chi connectivity index (χ1v) is 13.5. The van der Waals surface area contributed by atoms with Gasteiger partial charge in [0, 0.05) is 16.7 Å². The fourth-order valence-corrected chi connectivity index (χ4v) is 6.72. The number of hydrogen-bond donors (Lipinski definition) is 0. The third kappa shape index (κ3) is 3.04. The van der Waals surface area contributed by atoms with Crippen LogP contribution in [0.2, 0.25) is 0 Å². The zero-order valence-corrected chi connectivity index (χ0v) is 21.6. The lowest BCUT2D eigenvalue weighted by molar-refractivity contribution is 0.438. The number of benzene rings is 6. The summed E-state index contributed by atoms with van der Waals surface area (Å²) in [6.45, 7) is 0. The molecular formula is C38H23NO. The molecule has 1 spiro atoms. The molecule has 0 saturated heterocycles. The number of nitrogens with zero attached hydrogens (tertiary/aromatic N) is 1. The first-order valence-electron chi connectivity index (χ1n) is 13.5. The molecule has 0 aromatic heterocycles. The minimum absolute atomic E-state index is 0.467. The van der Waals surface area contributed by atoms with E-state index in [1.54, 1.807) is 0 Å². The molecule has 0 fully saturated rings. The van der Waals surface area contributed by atoms with Crippen LogP contribution in [-0.4, -0.2) is 0 Å². The van der Waals surface area contributed by atoms with Gasteiger partial charge in [-0.1, -0.05) is 121 Å². The van der Waals surface area contributed by atoms with Crippen molar-refractivity contribution in [2.75, 3.05) is 0 Å². The smallest absolute Gasteiger partial charge is 0.140 e. The summed E-state index contributed by atoms with van der Waals surface area (Å²) in [7, 11) is 0. The number of nitriles is 1. The monoisotopic (exact) mass is 509 g/mol. The highest BCUT2D eigenvalue weighted by Crippen LogP contribution is 2.63.